The van der Waals surface area contributed by atoms with Gasteiger partial charge in [0.25, 0.3) is 0 Å². The minimum absolute atomic E-state index is 0.169. The highest BCUT2D eigenvalue weighted by Crippen LogP contribution is 2.21. The fraction of sp³-hybridized carbons (Fsp3) is 0.400. The van der Waals surface area contributed by atoms with E-state index in [9.17, 15) is 0 Å². The summed E-state index contributed by atoms with van der Waals surface area (Å²) in [4.78, 5) is 6.59. The van der Waals surface area contributed by atoms with Crippen molar-refractivity contribution in [3.8, 4) is 0 Å². The standard InChI is InChI=1S/C15H22N4/c1-12(16)10-13-6-4-5-7-14(13)19(3)11-15-17-8-9-18(15)2/h4-9,12H,10-11,16H2,1-3H3. The van der Waals surface area contributed by atoms with Crippen LogP contribution in [0.5, 0.6) is 0 Å². The minimum Gasteiger partial charge on any atom is -0.367 e. The Kier molecular flexibility index (Phi) is 4.22. The van der Waals surface area contributed by atoms with E-state index >= 15 is 0 Å². The second-order valence-electron chi connectivity index (χ2n) is 5.12. The highest BCUT2D eigenvalue weighted by atomic mass is 15.2. The molecule has 102 valence electrons. The number of benzene rings is 1. The molecule has 0 saturated carbocycles. The summed E-state index contributed by atoms with van der Waals surface area (Å²) >= 11 is 0. The van der Waals surface area contributed by atoms with Crippen LogP contribution in [0, 0.1) is 0 Å². The van der Waals surface area contributed by atoms with Gasteiger partial charge in [-0.2, -0.15) is 0 Å². The first-order valence-electron chi connectivity index (χ1n) is 6.58. The Bertz CT molecular complexity index is 530. The smallest absolute Gasteiger partial charge is 0.127 e. The van der Waals surface area contributed by atoms with Crippen molar-refractivity contribution in [3.63, 3.8) is 0 Å². The number of aromatic nitrogens is 2. The van der Waals surface area contributed by atoms with Crippen molar-refractivity contribution >= 4 is 5.69 Å². The van der Waals surface area contributed by atoms with Gasteiger partial charge in [-0.1, -0.05) is 18.2 Å². The first-order valence-corrected chi connectivity index (χ1v) is 6.58. The van der Waals surface area contributed by atoms with E-state index in [4.69, 9.17) is 5.73 Å². The number of nitrogens with two attached hydrogens (primary N) is 1. The molecule has 0 aliphatic heterocycles. The monoisotopic (exact) mass is 258 g/mol. The lowest BCUT2D eigenvalue weighted by atomic mass is 10.0. The Morgan fingerprint density at radius 3 is 2.74 bits per heavy atom. The van der Waals surface area contributed by atoms with E-state index in [0.29, 0.717) is 0 Å². The van der Waals surface area contributed by atoms with Gasteiger partial charge >= 0.3 is 0 Å². The second-order valence-corrected chi connectivity index (χ2v) is 5.12. The Labute approximate surface area is 114 Å². The molecule has 0 aliphatic carbocycles. The first-order chi connectivity index (χ1) is 9.08. The molecule has 1 heterocycles. The van der Waals surface area contributed by atoms with Crippen molar-refractivity contribution in [1.29, 1.82) is 0 Å². The molecule has 4 nitrogen and oxygen atoms in total. The lowest BCUT2D eigenvalue weighted by molar-refractivity contribution is 0.726. The van der Waals surface area contributed by atoms with E-state index in [1.165, 1.54) is 11.3 Å². The van der Waals surface area contributed by atoms with Crippen LogP contribution in [0.25, 0.3) is 0 Å². The average molecular weight is 258 g/mol. The molecule has 0 aliphatic rings. The molecule has 1 atom stereocenters. The van der Waals surface area contributed by atoms with Crippen molar-refractivity contribution in [2.75, 3.05) is 11.9 Å². The predicted molar refractivity (Wildman–Crippen MR) is 79.1 cm³/mol. The van der Waals surface area contributed by atoms with Crippen molar-refractivity contribution < 1.29 is 0 Å². The number of hydrogen-bond donors (Lipinski definition) is 1. The lowest BCUT2D eigenvalue weighted by Crippen LogP contribution is -2.23. The zero-order chi connectivity index (χ0) is 13.8. The molecule has 1 unspecified atom stereocenters. The van der Waals surface area contributed by atoms with Crippen LogP contribution in [0.1, 0.15) is 18.3 Å². The molecule has 0 bridgehead atoms. The fourth-order valence-corrected chi connectivity index (χ4v) is 2.25. The average Bonchev–Trinajstić information content (AvgIpc) is 2.75. The number of imidazole rings is 1. The minimum atomic E-state index is 0.169. The summed E-state index contributed by atoms with van der Waals surface area (Å²) in [6.45, 7) is 2.83. The number of anilines is 1. The van der Waals surface area contributed by atoms with Gasteiger partial charge in [-0.05, 0) is 25.0 Å². The van der Waals surface area contributed by atoms with Gasteiger partial charge in [0, 0.05) is 38.2 Å². The molecular formula is C15H22N4. The molecule has 0 saturated heterocycles. The summed E-state index contributed by atoms with van der Waals surface area (Å²) in [6, 6.07) is 8.58. The van der Waals surface area contributed by atoms with Gasteiger partial charge in [0.05, 0.1) is 6.54 Å². The third kappa shape index (κ3) is 3.35. The van der Waals surface area contributed by atoms with Crippen LogP contribution in [0.3, 0.4) is 0 Å². The summed E-state index contributed by atoms with van der Waals surface area (Å²) < 4.78 is 2.05. The maximum absolute atomic E-state index is 5.92. The number of nitrogens with zero attached hydrogens (tertiary/aromatic N) is 3. The molecular weight excluding hydrogens is 236 g/mol. The van der Waals surface area contributed by atoms with Crippen LogP contribution in [0.4, 0.5) is 5.69 Å². The van der Waals surface area contributed by atoms with Crippen molar-refractivity contribution in [2.45, 2.75) is 25.9 Å². The van der Waals surface area contributed by atoms with Crippen LogP contribution >= 0.6 is 0 Å². The Morgan fingerprint density at radius 1 is 1.37 bits per heavy atom. The fourth-order valence-electron chi connectivity index (χ4n) is 2.25. The normalized spacial score (nSPS) is 12.4. The molecule has 2 N–H and O–H groups in total. The zero-order valence-electron chi connectivity index (χ0n) is 11.9. The molecule has 0 fully saturated rings. The molecule has 0 amide bonds. The molecule has 1 aromatic carbocycles. The molecule has 19 heavy (non-hydrogen) atoms. The molecule has 2 aromatic rings. The highest BCUT2D eigenvalue weighted by molar-refractivity contribution is 5.53. The second kappa shape index (κ2) is 5.89. The van der Waals surface area contributed by atoms with Gasteiger partial charge in [0.15, 0.2) is 0 Å². The first kappa shape index (κ1) is 13.6. The Hall–Kier alpha value is -1.81. The van der Waals surface area contributed by atoms with Crippen LogP contribution in [-0.4, -0.2) is 22.6 Å². The van der Waals surface area contributed by atoms with E-state index in [2.05, 4.69) is 41.2 Å². The lowest BCUT2D eigenvalue weighted by Gasteiger charge is -2.23. The topological polar surface area (TPSA) is 47.1 Å². The maximum Gasteiger partial charge on any atom is 0.127 e. The largest absolute Gasteiger partial charge is 0.367 e. The van der Waals surface area contributed by atoms with Gasteiger partial charge < -0.3 is 15.2 Å². The summed E-state index contributed by atoms with van der Waals surface area (Å²) in [7, 11) is 4.11. The number of rotatable bonds is 5. The summed E-state index contributed by atoms with van der Waals surface area (Å²) in [5.41, 5.74) is 8.43. The SMILES string of the molecule is CC(N)Cc1ccccc1N(C)Cc1nccn1C. The van der Waals surface area contributed by atoms with E-state index in [0.717, 1.165) is 18.8 Å². The third-order valence-corrected chi connectivity index (χ3v) is 3.24. The van der Waals surface area contributed by atoms with E-state index < -0.39 is 0 Å². The van der Waals surface area contributed by atoms with Crippen molar-refractivity contribution in [2.24, 2.45) is 12.8 Å². The zero-order valence-corrected chi connectivity index (χ0v) is 11.9. The van der Waals surface area contributed by atoms with Crippen LogP contribution < -0.4 is 10.6 Å². The van der Waals surface area contributed by atoms with E-state index in [1.807, 2.05) is 30.9 Å². The third-order valence-electron chi connectivity index (χ3n) is 3.24. The van der Waals surface area contributed by atoms with Gasteiger partial charge in [-0.3, -0.25) is 0 Å². The van der Waals surface area contributed by atoms with Gasteiger partial charge in [-0.15, -0.1) is 0 Å². The predicted octanol–water partition coefficient (Wildman–Crippen LogP) is 1.95. The molecule has 2 rings (SSSR count). The number of hydrogen-bond acceptors (Lipinski definition) is 3. The molecule has 0 spiro atoms. The number of aryl methyl sites for hydroxylation is 1. The van der Waals surface area contributed by atoms with Crippen molar-refractivity contribution in [3.05, 3.63) is 48.0 Å². The summed E-state index contributed by atoms with van der Waals surface area (Å²) in [5, 5.41) is 0. The Balaban J connectivity index is 2.19. The quantitative estimate of drug-likeness (QED) is 0.891. The van der Waals surface area contributed by atoms with Crippen LogP contribution in [-0.2, 0) is 20.0 Å². The summed E-state index contributed by atoms with van der Waals surface area (Å²) in [5.74, 6) is 1.05. The van der Waals surface area contributed by atoms with Crippen molar-refractivity contribution in [1.82, 2.24) is 9.55 Å². The number of para-hydroxylation sites is 1. The van der Waals surface area contributed by atoms with E-state index in [-0.39, 0.29) is 6.04 Å². The molecule has 4 heteroatoms. The summed E-state index contributed by atoms with van der Waals surface area (Å²) in [6.07, 6.45) is 4.69. The molecule has 1 aromatic heterocycles. The van der Waals surface area contributed by atoms with Crippen LogP contribution in [0.2, 0.25) is 0 Å². The van der Waals surface area contributed by atoms with E-state index in [1.54, 1.807) is 0 Å². The highest BCUT2D eigenvalue weighted by Gasteiger charge is 2.10. The Morgan fingerprint density at radius 2 is 2.11 bits per heavy atom. The van der Waals surface area contributed by atoms with Gasteiger partial charge in [0.2, 0.25) is 0 Å². The maximum atomic E-state index is 5.92. The van der Waals surface area contributed by atoms with Gasteiger partial charge in [-0.25, -0.2) is 4.98 Å². The molecule has 0 radical (unpaired) electrons. The van der Waals surface area contributed by atoms with Gasteiger partial charge in [0.1, 0.15) is 5.82 Å². The van der Waals surface area contributed by atoms with Crippen LogP contribution in [0.15, 0.2) is 36.7 Å².